The van der Waals surface area contributed by atoms with Crippen molar-refractivity contribution in [3.8, 4) is 17.2 Å². The highest BCUT2D eigenvalue weighted by atomic mass is 35.5. The molecule has 3 aromatic rings. The first-order valence-electron chi connectivity index (χ1n) is 9.17. The zero-order valence-electron chi connectivity index (χ0n) is 15.5. The monoisotopic (exact) mass is 397 g/mol. The second-order valence-corrected chi connectivity index (χ2v) is 7.17. The molecule has 0 saturated carbocycles. The van der Waals surface area contributed by atoms with Gasteiger partial charge in [0, 0.05) is 24.6 Å². The summed E-state index contributed by atoms with van der Waals surface area (Å²) in [5.41, 5.74) is 1.33. The Labute approximate surface area is 168 Å². The van der Waals surface area contributed by atoms with Crippen LogP contribution in [0.2, 0.25) is 5.02 Å². The van der Waals surface area contributed by atoms with E-state index in [1.54, 1.807) is 19.2 Å². The Hall–Kier alpha value is -2.86. The number of aromatic nitrogens is 2. The van der Waals surface area contributed by atoms with E-state index in [0.29, 0.717) is 35.4 Å². The lowest BCUT2D eigenvalue weighted by Crippen LogP contribution is -2.39. The number of amides is 1. The van der Waals surface area contributed by atoms with Crippen LogP contribution in [-0.4, -0.2) is 41.1 Å². The number of piperidine rings is 1. The van der Waals surface area contributed by atoms with Gasteiger partial charge in [-0.05, 0) is 43.2 Å². The smallest absolute Gasteiger partial charge is 0.258 e. The Morgan fingerprint density at radius 1 is 1.25 bits per heavy atom. The Bertz CT molecular complexity index is 988. The van der Waals surface area contributed by atoms with Gasteiger partial charge in [-0.2, -0.15) is 4.98 Å². The largest absolute Gasteiger partial charge is 0.497 e. The van der Waals surface area contributed by atoms with Crippen LogP contribution in [0.3, 0.4) is 0 Å². The molecule has 0 bridgehead atoms. The molecule has 6 nitrogen and oxygen atoms in total. The molecule has 7 heteroatoms. The number of ether oxygens (including phenoxy) is 1. The third kappa shape index (κ3) is 3.73. The van der Waals surface area contributed by atoms with E-state index in [-0.39, 0.29) is 11.8 Å². The Morgan fingerprint density at radius 2 is 2.11 bits per heavy atom. The maximum Gasteiger partial charge on any atom is 0.258 e. The van der Waals surface area contributed by atoms with E-state index >= 15 is 0 Å². The van der Waals surface area contributed by atoms with Crippen molar-refractivity contribution in [2.24, 2.45) is 0 Å². The maximum absolute atomic E-state index is 12.9. The highest BCUT2D eigenvalue weighted by Gasteiger charge is 2.29. The van der Waals surface area contributed by atoms with Crippen LogP contribution in [0, 0.1) is 0 Å². The quantitative estimate of drug-likeness (QED) is 0.651. The van der Waals surface area contributed by atoms with Crippen molar-refractivity contribution in [2.45, 2.75) is 18.8 Å². The summed E-state index contributed by atoms with van der Waals surface area (Å²) in [5.74, 6) is 1.76. The van der Waals surface area contributed by atoms with E-state index in [1.165, 1.54) is 0 Å². The summed E-state index contributed by atoms with van der Waals surface area (Å²) in [6.45, 7) is 1.24. The highest BCUT2D eigenvalue weighted by molar-refractivity contribution is 6.33. The van der Waals surface area contributed by atoms with Gasteiger partial charge in [0.05, 0.1) is 17.7 Å². The van der Waals surface area contributed by atoms with Gasteiger partial charge in [-0.3, -0.25) is 4.79 Å². The van der Waals surface area contributed by atoms with Crippen LogP contribution in [-0.2, 0) is 0 Å². The van der Waals surface area contributed by atoms with Crippen molar-refractivity contribution in [2.75, 3.05) is 20.2 Å². The van der Waals surface area contributed by atoms with E-state index < -0.39 is 0 Å². The predicted octanol–water partition coefficient (Wildman–Crippen LogP) is 4.42. The van der Waals surface area contributed by atoms with E-state index in [2.05, 4.69) is 10.1 Å². The third-order valence-electron chi connectivity index (χ3n) is 4.94. The van der Waals surface area contributed by atoms with Crippen LogP contribution in [0.25, 0.3) is 11.5 Å². The molecule has 1 saturated heterocycles. The first-order chi connectivity index (χ1) is 13.7. The van der Waals surface area contributed by atoms with Crippen LogP contribution in [0.4, 0.5) is 0 Å². The molecule has 2 heterocycles. The van der Waals surface area contributed by atoms with E-state index in [0.717, 1.165) is 24.2 Å². The van der Waals surface area contributed by atoms with Gasteiger partial charge in [0.15, 0.2) is 5.82 Å². The van der Waals surface area contributed by atoms with E-state index in [9.17, 15) is 4.79 Å². The van der Waals surface area contributed by atoms with Crippen molar-refractivity contribution in [3.05, 3.63) is 64.9 Å². The van der Waals surface area contributed by atoms with Crippen molar-refractivity contribution in [1.82, 2.24) is 15.0 Å². The molecule has 1 aromatic heterocycles. The number of rotatable bonds is 4. The van der Waals surface area contributed by atoms with Crippen molar-refractivity contribution >= 4 is 17.5 Å². The molecule has 2 aromatic carbocycles. The number of likely N-dealkylation sites (tertiary alicyclic amines) is 1. The summed E-state index contributed by atoms with van der Waals surface area (Å²) >= 11 is 6.19. The number of carbonyl (C=O) groups is 1. The van der Waals surface area contributed by atoms with Crippen LogP contribution in [0.1, 0.15) is 34.9 Å². The first-order valence-corrected chi connectivity index (χ1v) is 9.55. The lowest BCUT2D eigenvalue weighted by Gasteiger charge is -2.31. The van der Waals surface area contributed by atoms with Gasteiger partial charge in [0.1, 0.15) is 5.75 Å². The van der Waals surface area contributed by atoms with Gasteiger partial charge in [0.25, 0.3) is 11.8 Å². The molecule has 28 heavy (non-hydrogen) atoms. The van der Waals surface area contributed by atoms with Gasteiger partial charge in [-0.25, -0.2) is 0 Å². The minimum Gasteiger partial charge on any atom is -0.497 e. The molecule has 0 aliphatic carbocycles. The van der Waals surface area contributed by atoms with Crippen molar-refractivity contribution < 1.29 is 14.1 Å². The number of hydrogen-bond donors (Lipinski definition) is 0. The summed E-state index contributed by atoms with van der Waals surface area (Å²) in [6.07, 6.45) is 1.78. The van der Waals surface area contributed by atoms with Crippen LogP contribution < -0.4 is 4.74 Å². The Morgan fingerprint density at radius 3 is 2.93 bits per heavy atom. The van der Waals surface area contributed by atoms with Gasteiger partial charge >= 0.3 is 0 Å². The number of hydrogen-bond acceptors (Lipinski definition) is 5. The minimum absolute atomic E-state index is 0.0308. The third-order valence-corrected chi connectivity index (χ3v) is 5.27. The molecule has 0 radical (unpaired) electrons. The fourth-order valence-corrected chi connectivity index (χ4v) is 3.67. The topological polar surface area (TPSA) is 68.5 Å². The minimum atomic E-state index is -0.0631. The molecule has 0 spiro atoms. The lowest BCUT2D eigenvalue weighted by molar-refractivity contribution is 0.0704. The van der Waals surface area contributed by atoms with Gasteiger partial charge in [0.2, 0.25) is 0 Å². The number of methoxy groups -OCH3 is 1. The van der Waals surface area contributed by atoms with Crippen LogP contribution in [0.15, 0.2) is 53.1 Å². The molecule has 0 unspecified atom stereocenters. The second kappa shape index (κ2) is 8.02. The molecule has 0 N–H and O–H groups in total. The molecule has 1 fully saturated rings. The number of halogens is 1. The molecule has 1 aliphatic rings. The summed E-state index contributed by atoms with van der Waals surface area (Å²) < 4.78 is 10.7. The zero-order valence-corrected chi connectivity index (χ0v) is 16.2. The zero-order chi connectivity index (χ0) is 19.5. The predicted molar refractivity (Wildman–Crippen MR) is 106 cm³/mol. The summed E-state index contributed by atoms with van der Waals surface area (Å²) in [5, 5.41) is 4.63. The molecular formula is C21H20ClN3O3. The average Bonchev–Trinajstić information content (AvgIpc) is 3.24. The van der Waals surface area contributed by atoms with Crippen LogP contribution >= 0.6 is 11.6 Å². The molecule has 1 amide bonds. The molecular weight excluding hydrogens is 378 g/mol. The van der Waals surface area contributed by atoms with Crippen molar-refractivity contribution in [3.63, 3.8) is 0 Å². The van der Waals surface area contributed by atoms with Gasteiger partial charge in [-0.1, -0.05) is 35.0 Å². The molecule has 4 rings (SSSR count). The van der Waals surface area contributed by atoms with Crippen molar-refractivity contribution in [1.29, 1.82) is 0 Å². The lowest BCUT2D eigenvalue weighted by atomic mass is 9.96. The molecule has 144 valence electrons. The maximum atomic E-state index is 12.9. The highest BCUT2D eigenvalue weighted by Crippen LogP contribution is 2.29. The fourth-order valence-electron chi connectivity index (χ4n) is 3.45. The van der Waals surface area contributed by atoms with Gasteiger partial charge in [-0.15, -0.1) is 0 Å². The molecule has 1 aliphatic heterocycles. The average molecular weight is 398 g/mol. The number of benzene rings is 2. The summed E-state index contributed by atoms with van der Waals surface area (Å²) in [4.78, 5) is 19.2. The molecule has 1 atom stereocenters. The Kier molecular flexibility index (Phi) is 5.30. The summed E-state index contributed by atoms with van der Waals surface area (Å²) in [7, 11) is 1.62. The SMILES string of the molecule is COc1cccc(-c2nc([C@H]3CCCN(C(=O)c4ccccc4Cl)C3)no2)c1. The van der Waals surface area contributed by atoms with E-state index in [1.807, 2.05) is 41.3 Å². The fraction of sp³-hybridized carbons (Fsp3) is 0.286. The van der Waals surface area contributed by atoms with E-state index in [4.69, 9.17) is 20.9 Å². The Balaban J connectivity index is 1.51. The second-order valence-electron chi connectivity index (χ2n) is 6.76. The van der Waals surface area contributed by atoms with Crippen LogP contribution in [0.5, 0.6) is 5.75 Å². The van der Waals surface area contributed by atoms with Gasteiger partial charge < -0.3 is 14.2 Å². The first kappa shape index (κ1) is 18.5. The number of nitrogens with zero attached hydrogens (tertiary/aromatic N) is 3. The number of carbonyl (C=O) groups excluding carboxylic acids is 1. The normalized spacial score (nSPS) is 16.8. The summed E-state index contributed by atoms with van der Waals surface area (Å²) in [6, 6.07) is 14.6. The standard InChI is InChI=1S/C21H20ClN3O3/c1-27-16-8-4-6-14(12-16)20-23-19(24-28-20)15-7-5-11-25(13-15)21(26)17-9-2-3-10-18(17)22/h2-4,6,8-10,12,15H,5,7,11,13H2,1H3/t15-/m0/s1.